The van der Waals surface area contributed by atoms with Crippen LogP contribution in [0.2, 0.25) is 5.02 Å². The van der Waals surface area contributed by atoms with E-state index in [0.717, 1.165) is 4.47 Å². The molecule has 1 aromatic carbocycles. The van der Waals surface area contributed by atoms with Gasteiger partial charge in [-0.25, -0.2) is 0 Å². The standard InChI is InChI=1S/C9H10BrClO2/c1-6(12)5-13-9-3-2-7(10)4-8(9)11/h2-4,6,12H,5H2,1H3/t6-/m1/s1. The molecule has 0 aromatic heterocycles. The van der Waals surface area contributed by atoms with E-state index in [0.29, 0.717) is 10.8 Å². The van der Waals surface area contributed by atoms with Crippen LogP contribution < -0.4 is 4.74 Å². The highest BCUT2D eigenvalue weighted by Gasteiger charge is 2.03. The number of rotatable bonds is 3. The minimum absolute atomic E-state index is 0.251. The van der Waals surface area contributed by atoms with Gasteiger partial charge in [-0.1, -0.05) is 27.5 Å². The number of benzene rings is 1. The summed E-state index contributed by atoms with van der Waals surface area (Å²) in [5, 5.41) is 9.52. The first kappa shape index (κ1) is 10.8. The number of ether oxygens (including phenoxy) is 1. The number of hydrogen-bond donors (Lipinski definition) is 1. The Balaban J connectivity index is 2.67. The molecule has 4 heteroatoms. The van der Waals surface area contributed by atoms with E-state index in [2.05, 4.69) is 15.9 Å². The number of hydrogen-bond acceptors (Lipinski definition) is 2. The lowest BCUT2D eigenvalue weighted by molar-refractivity contribution is 0.123. The molecule has 0 radical (unpaired) electrons. The Hall–Kier alpha value is -0.250. The molecular weight excluding hydrogens is 255 g/mol. The minimum atomic E-state index is -0.486. The predicted octanol–water partition coefficient (Wildman–Crippen LogP) is 2.86. The van der Waals surface area contributed by atoms with E-state index in [-0.39, 0.29) is 6.61 Å². The molecule has 0 bridgehead atoms. The average Bonchev–Trinajstić information content (AvgIpc) is 2.02. The van der Waals surface area contributed by atoms with E-state index >= 15 is 0 Å². The monoisotopic (exact) mass is 264 g/mol. The van der Waals surface area contributed by atoms with Crippen LogP contribution in [0, 0.1) is 0 Å². The lowest BCUT2D eigenvalue weighted by atomic mass is 10.3. The number of halogens is 2. The van der Waals surface area contributed by atoms with Gasteiger partial charge < -0.3 is 9.84 Å². The Morgan fingerprint density at radius 3 is 2.85 bits per heavy atom. The summed E-state index contributed by atoms with van der Waals surface area (Å²) in [5.74, 6) is 0.589. The van der Waals surface area contributed by atoms with E-state index in [1.54, 1.807) is 19.1 Å². The van der Waals surface area contributed by atoms with Crippen LogP contribution in [0.15, 0.2) is 22.7 Å². The maximum atomic E-state index is 8.98. The lowest BCUT2D eigenvalue weighted by Crippen LogP contribution is -2.12. The van der Waals surface area contributed by atoms with Gasteiger partial charge in [0.05, 0.1) is 11.1 Å². The van der Waals surface area contributed by atoms with Crippen LogP contribution in [-0.4, -0.2) is 17.8 Å². The molecule has 0 saturated heterocycles. The van der Waals surface area contributed by atoms with Crippen molar-refractivity contribution < 1.29 is 9.84 Å². The van der Waals surface area contributed by atoms with Gasteiger partial charge in [0.25, 0.3) is 0 Å². The normalized spacial score (nSPS) is 12.6. The van der Waals surface area contributed by atoms with Crippen LogP contribution in [0.5, 0.6) is 5.75 Å². The highest BCUT2D eigenvalue weighted by molar-refractivity contribution is 9.10. The summed E-state index contributed by atoms with van der Waals surface area (Å²) in [5.41, 5.74) is 0. The molecule has 13 heavy (non-hydrogen) atoms. The van der Waals surface area contributed by atoms with Crippen molar-refractivity contribution in [2.45, 2.75) is 13.0 Å². The van der Waals surface area contributed by atoms with Crippen molar-refractivity contribution in [3.05, 3.63) is 27.7 Å². The second-order valence-corrected chi connectivity index (χ2v) is 4.06. The first-order valence-corrected chi connectivity index (χ1v) is 5.02. The molecule has 1 aromatic rings. The van der Waals surface area contributed by atoms with Gasteiger partial charge in [-0.2, -0.15) is 0 Å². The van der Waals surface area contributed by atoms with Gasteiger partial charge >= 0.3 is 0 Å². The molecule has 0 unspecified atom stereocenters. The van der Waals surface area contributed by atoms with E-state index in [9.17, 15) is 0 Å². The van der Waals surface area contributed by atoms with Crippen LogP contribution in [-0.2, 0) is 0 Å². The molecule has 0 spiro atoms. The topological polar surface area (TPSA) is 29.5 Å². The zero-order chi connectivity index (χ0) is 9.84. The molecule has 72 valence electrons. The smallest absolute Gasteiger partial charge is 0.138 e. The third-order valence-electron chi connectivity index (χ3n) is 1.37. The molecule has 1 N–H and O–H groups in total. The van der Waals surface area contributed by atoms with Gasteiger partial charge in [0.2, 0.25) is 0 Å². The van der Waals surface area contributed by atoms with Crippen LogP contribution in [0.1, 0.15) is 6.92 Å². The van der Waals surface area contributed by atoms with Crippen molar-refractivity contribution in [1.82, 2.24) is 0 Å². The molecule has 0 saturated carbocycles. The molecular formula is C9H10BrClO2. The molecule has 2 nitrogen and oxygen atoms in total. The molecule has 0 aliphatic carbocycles. The van der Waals surface area contributed by atoms with E-state index in [1.807, 2.05) is 6.07 Å². The Kier molecular flexibility index (Phi) is 4.03. The Morgan fingerprint density at radius 1 is 1.62 bits per heavy atom. The molecule has 1 atom stereocenters. The molecule has 1 rings (SSSR count). The zero-order valence-corrected chi connectivity index (χ0v) is 9.47. The van der Waals surface area contributed by atoms with Crippen molar-refractivity contribution in [3.63, 3.8) is 0 Å². The van der Waals surface area contributed by atoms with Crippen LogP contribution in [0.4, 0.5) is 0 Å². The number of aliphatic hydroxyl groups excluding tert-OH is 1. The zero-order valence-electron chi connectivity index (χ0n) is 7.13. The van der Waals surface area contributed by atoms with Crippen LogP contribution in [0.25, 0.3) is 0 Å². The quantitative estimate of drug-likeness (QED) is 0.911. The Labute approximate surface area is 90.6 Å². The van der Waals surface area contributed by atoms with Crippen molar-refractivity contribution in [2.75, 3.05) is 6.61 Å². The van der Waals surface area contributed by atoms with Gasteiger partial charge in [0.15, 0.2) is 0 Å². The Morgan fingerprint density at radius 2 is 2.31 bits per heavy atom. The largest absolute Gasteiger partial charge is 0.489 e. The first-order valence-electron chi connectivity index (χ1n) is 3.85. The average molecular weight is 266 g/mol. The van der Waals surface area contributed by atoms with Crippen LogP contribution >= 0.6 is 27.5 Å². The molecule has 0 amide bonds. The molecule has 0 heterocycles. The summed E-state index contributed by atoms with van der Waals surface area (Å²) in [6.07, 6.45) is -0.486. The fraction of sp³-hybridized carbons (Fsp3) is 0.333. The summed E-state index contributed by atoms with van der Waals surface area (Å²) in [6.45, 7) is 1.91. The van der Waals surface area contributed by atoms with Crippen molar-refractivity contribution in [3.8, 4) is 5.75 Å². The minimum Gasteiger partial charge on any atom is -0.489 e. The summed E-state index contributed by atoms with van der Waals surface area (Å²) in [7, 11) is 0. The fourth-order valence-corrected chi connectivity index (χ4v) is 1.53. The number of aliphatic hydroxyl groups is 1. The third kappa shape index (κ3) is 3.55. The van der Waals surface area contributed by atoms with Gasteiger partial charge in [0, 0.05) is 4.47 Å². The van der Waals surface area contributed by atoms with Gasteiger partial charge in [0.1, 0.15) is 12.4 Å². The van der Waals surface area contributed by atoms with E-state index < -0.39 is 6.10 Å². The maximum absolute atomic E-state index is 8.98. The summed E-state index contributed by atoms with van der Waals surface area (Å²) >= 11 is 9.16. The second-order valence-electron chi connectivity index (χ2n) is 2.73. The third-order valence-corrected chi connectivity index (χ3v) is 2.16. The highest BCUT2D eigenvalue weighted by Crippen LogP contribution is 2.27. The molecule has 0 aliphatic heterocycles. The lowest BCUT2D eigenvalue weighted by Gasteiger charge is -2.09. The fourth-order valence-electron chi connectivity index (χ4n) is 0.803. The molecule has 0 fully saturated rings. The summed E-state index contributed by atoms with van der Waals surface area (Å²) in [4.78, 5) is 0. The van der Waals surface area contributed by atoms with Gasteiger partial charge in [-0.05, 0) is 25.1 Å². The van der Waals surface area contributed by atoms with E-state index in [4.69, 9.17) is 21.4 Å². The first-order chi connectivity index (χ1) is 6.09. The van der Waals surface area contributed by atoms with E-state index in [1.165, 1.54) is 0 Å². The SMILES string of the molecule is C[C@@H](O)COc1ccc(Br)cc1Cl. The predicted molar refractivity (Wildman–Crippen MR) is 56.3 cm³/mol. The maximum Gasteiger partial charge on any atom is 0.138 e. The van der Waals surface area contributed by atoms with Crippen molar-refractivity contribution in [1.29, 1.82) is 0 Å². The Bertz CT molecular complexity index is 289. The van der Waals surface area contributed by atoms with Crippen LogP contribution in [0.3, 0.4) is 0 Å². The van der Waals surface area contributed by atoms with Gasteiger partial charge in [-0.3, -0.25) is 0 Å². The second kappa shape index (κ2) is 4.84. The summed E-state index contributed by atoms with van der Waals surface area (Å²) < 4.78 is 6.15. The summed E-state index contributed by atoms with van der Waals surface area (Å²) in [6, 6.07) is 5.34. The van der Waals surface area contributed by atoms with Crippen molar-refractivity contribution in [2.24, 2.45) is 0 Å². The van der Waals surface area contributed by atoms with Gasteiger partial charge in [-0.15, -0.1) is 0 Å². The highest BCUT2D eigenvalue weighted by atomic mass is 79.9. The van der Waals surface area contributed by atoms with Crippen molar-refractivity contribution >= 4 is 27.5 Å². The molecule has 0 aliphatic rings.